The minimum absolute atomic E-state index is 0.0813. The molecule has 4 heteroatoms. The summed E-state index contributed by atoms with van der Waals surface area (Å²) in [5.74, 6) is 0.709. The predicted octanol–water partition coefficient (Wildman–Crippen LogP) is 1.44. The van der Waals surface area contributed by atoms with E-state index >= 15 is 0 Å². The Morgan fingerprint density at radius 1 is 1.39 bits per heavy atom. The first-order chi connectivity index (χ1) is 8.66. The third-order valence-corrected chi connectivity index (χ3v) is 4.40. The Labute approximate surface area is 110 Å². The van der Waals surface area contributed by atoms with Crippen molar-refractivity contribution >= 4 is 5.91 Å². The standard InChI is InChI=1S/C14H26N2O2/c1-10(11-4-2-5-12(15)8-11)14(17)16-9-13-6-3-7-18-13/h10-13H,2-9,15H2,1H3,(H,16,17). The molecule has 3 N–H and O–H groups in total. The van der Waals surface area contributed by atoms with Crippen molar-refractivity contribution in [3.05, 3.63) is 0 Å². The third kappa shape index (κ3) is 3.69. The van der Waals surface area contributed by atoms with Crippen LogP contribution in [0.2, 0.25) is 0 Å². The Hall–Kier alpha value is -0.610. The van der Waals surface area contributed by atoms with Crippen LogP contribution in [0, 0.1) is 11.8 Å². The van der Waals surface area contributed by atoms with Crippen molar-refractivity contribution in [1.82, 2.24) is 5.32 Å². The highest BCUT2D eigenvalue weighted by Crippen LogP contribution is 2.29. The summed E-state index contributed by atoms with van der Waals surface area (Å²) < 4.78 is 5.51. The molecule has 0 aromatic rings. The van der Waals surface area contributed by atoms with E-state index in [9.17, 15) is 4.79 Å². The molecule has 0 radical (unpaired) electrons. The summed E-state index contributed by atoms with van der Waals surface area (Å²) >= 11 is 0. The van der Waals surface area contributed by atoms with Gasteiger partial charge in [-0.15, -0.1) is 0 Å². The highest BCUT2D eigenvalue weighted by molar-refractivity contribution is 5.78. The van der Waals surface area contributed by atoms with E-state index in [2.05, 4.69) is 5.32 Å². The van der Waals surface area contributed by atoms with Gasteiger partial charge in [0.2, 0.25) is 5.91 Å². The van der Waals surface area contributed by atoms with E-state index in [1.165, 1.54) is 0 Å². The van der Waals surface area contributed by atoms with Crippen LogP contribution in [0.25, 0.3) is 0 Å². The Balaban J connectivity index is 1.73. The maximum Gasteiger partial charge on any atom is 0.223 e. The van der Waals surface area contributed by atoms with E-state index in [0.29, 0.717) is 12.5 Å². The minimum atomic E-state index is 0.0813. The average Bonchev–Trinajstić information content (AvgIpc) is 2.88. The monoisotopic (exact) mass is 254 g/mol. The molecule has 1 amide bonds. The van der Waals surface area contributed by atoms with Gasteiger partial charge in [-0.2, -0.15) is 0 Å². The molecule has 0 aromatic heterocycles. The summed E-state index contributed by atoms with van der Waals surface area (Å²) in [5, 5.41) is 3.03. The molecule has 104 valence electrons. The van der Waals surface area contributed by atoms with Gasteiger partial charge in [-0.05, 0) is 38.0 Å². The van der Waals surface area contributed by atoms with Crippen LogP contribution >= 0.6 is 0 Å². The number of carbonyl (C=O) groups is 1. The molecule has 1 aliphatic carbocycles. The van der Waals surface area contributed by atoms with Gasteiger partial charge in [0.15, 0.2) is 0 Å². The minimum Gasteiger partial charge on any atom is -0.376 e. The molecule has 0 aromatic carbocycles. The number of carbonyl (C=O) groups excluding carboxylic acids is 1. The first kappa shape index (κ1) is 13.8. The molecular weight excluding hydrogens is 228 g/mol. The fourth-order valence-electron chi connectivity index (χ4n) is 3.12. The number of nitrogens with one attached hydrogen (secondary N) is 1. The van der Waals surface area contributed by atoms with Gasteiger partial charge in [-0.1, -0.05) is 13.3 Å². The molecule has 1 saturated carbocycles. The van der Waals surface area contributed by atoms with E-state index in [1.54, 1.807) is 0 Å². The van der Waals surface area contributed by atoms with E-state index in [4.69, 9.17) is 10.5 Å². The fraction of sp³-hybridized carbons (Fsp3) is 0.929. The van der Waals surface area contributed by atoms with Crippen molar-refractivity contribution < 1.29 is 9.53 Å². The number of rotatable bonds is 4. The molecular formula is C14H26N2O2. The molecule has 0 spiro atoms. The molecule has 2 rings (SSSR count). The van der Waals surface area contributed by atoms with Crippen LogP contribution in [0.4, 0.5) is 0 Å². The summed E-state index contributed by atoms with van der Waals surface area (Å²) in [6.07, 6.45) is 6.83. The number of hydrogen-bond donors (Lipinski definition) is 2. The Bertz CT molecular complexity index is 277. The predicted molar refractivity (Wildman–Crippen MR) is 71.1 cm³/mol. The van der Waals surface area contributed by atoms with Crippen molar-refractivity contribution in [2.75, 3.05) is 13.2 Å². The zero-order valence-electron chi connectivity index (χ0n) is 11.4. The highest BCUT2D eigenvalue weighted by atomic mass is 16.5. The SMILES string of the molecule is CC(C(=O)NCC1CCCO1)C1CCCC(N)C1. The lowest BCUT2D eigenvalue weighted by molar-refractivity contribution is -0.127. The van der Waals surface area contributed by atoms with E-state index in [1.807, 2.05) is 6.92 Å². The lowest BCUT2D eigenvalue weighted by Gasteiger charge is -2.30. The smallest absolute Gasteiger partial charge is 0.223 e. The third-order valence-electron chi connectivity index (χ3n) is 4.40. The number of hydrogen-bond acceptors (Lipinski definition) is 3. The largest absolute Gasteiger partial charge is 0.376 e. The van der Waals surface area contributed by atoms with Crippen LogP contribution < -0.4 is 11.1 Å². The van der Waals surface area contributed by atoms with E-state index in [0.717, 1.165) is 45.1 Å². The van der Waals surface area contributed by atoms with Crippen LogP contribution in [0.1, 0.15) is 45.4 Å². The summed E-state index contributed by atoms with van der Waals surface area (Å²) in [4.78, 5) is 12.1. The van der Waals surface area contributed by atoms with Crippen LogP contribution in [-0.2, 0) is 9.53 Å². The van der Waals surface area contributed by atoms with Crippen LogP contribution in [0.15, 0.2) is 0 Å². The first-order valence-electron chi connectivity index (χ1n) is 7.31. The van der Waals surface area contributed by atoms with Crippen molar-refractivity contribution in [1.29, 1.82) is 0 Å². The molecule has 4 unspecified atom stereocenters. The fourth-order valence-corrected chi connectivity index (χ4v) is 3.12. The van der Waals surface area contributed by atoms with Gasteiger partial charge >= 0.3 is 0 Å². The van der Waals surface area contributed by atoms with E-state index < -0.39 is 0 Å². The maximum atomic E-state index is 12.1. The molecule has 2 fully saturated rings. The molecule has 4 atom stereocenters. The van der Waals surface area contributed by atoms with Crippen molar-refractivity contribution in [3.63, 3.8) is 0 Å². The Morgan fingerprint density at radius 2 is 2.22 bits per heavy atom. The van der Waals surface area contributed by atoms with Gasteiger partial charge in [-0.3, -0.25) is 4.79 Å². The van der Waals surface area contributed by atoms with Crippen molar-refractivity contribution in [2.45, 2.75) is 57.6 Å². The second-order valence-corrected chi connectivity index (χ2v) is 5.86. The lowest BCUT2D eigenvalue weighted by Crippen LogP contribution is -2.40. The van der Waals surface area contributed by atoms with Gasteiger partial charge in [0.25, 0.3) is 0 Å². The summed E-state index contributed by atoms with van der Waals surface area (Å²) in [6.45, 7) is 3.54. The van der Waals surface area contributed by atoms with Crippen LogP contribution in [0.5, 0.6) is 0 Å². The zero-order chi connectivity index (χ0) is 13.0. The highest BCUT2D eigenvalue weighted by Gasteiger charge is 2.28. The van der Waals surface area contributed by atoms with Gasteiger partial charge < -0.3 is 15.8 Å². The van der Waals surface area contributed by atoms with Gasteiger partial charge in [0.05, 0.1) is 6.10 Å². The van der Waals surface area contributed by atoms with Crippen LogP contribution in [0.3, 0.4) is 0 Å². The van der Waals surface area contributed by atoms with Crippen LogP contribution in [-0.4, -0.2) is 31.2 Å². The second kappa shape index (κ2) is 6.53. The van der Waals surface area contributed by atoms with Gasteiger partial charge in [0, 0.05) is 25.1 Å². The summed E-state index contributed by atoms with van der Waals surface area (Å²) in [7, 11) is 0. The van der Waals surface area contributed by atoms with Gasteiger partial charge in [-0.25, -0.2) is 0 Å². The maximum absolute atomic E-state index is 12.1. The Kier molecular flexibility index (Phi) is 5.01. The molecule has 0 bridgehead atoms. The molecule has 18 heavy (non-hydrogen) atoms. The topological polar surface area (TPSA) is 64.3 Å². The number of nitrogens with two attached hydrogens (primary N) is 1. The average molecular weight is 254 g/mol. The molecule has 4 nitrogen and oxygen atoms in total. The second-order valence-electron chi connectivity index (χ2n) is 5.86. The van der Waals surface area contributed by atoms with Crippen molar-refractivity contribution in [2.24, 2.45) is 17.6 Å². The van der Waals surface area contributed by atoms with E-state index in [-0.39, 0.29) is 24.0 Å². The summed E-state index contributed by atoms with van der Waals surface area (Å²) in [5.41, 5.74) is 5.98. The molecule has 1 heterocycles. The zero-order valence-corrected chi connectivity index (χ0v) is 11.4. The first-order valence-corrected chi connectivity index (χ1v) is 7.31. The number of ether oxygens (including phenoxy) is 1. The lowest BCUT2D eigenvalue weighted by atomic mass is 9.78. The van der Waals surface area contributed by atoms with Crippen molar-refractivity contribution in [3.8, 4) is 0 Å². The number of amides is 1. The summed E-state index contributed by atoms with van der Waals surface area (Å²) in [6, 6.07) is 0.289. The molecule has 1 saturated heterocycles. The normalized spacial score (nSPS) is 34.2. The molecule has 1 aliphatic heterocycles. The molecule has 2 aliphatic rings. The quantitative estimate of drug-likeness (QED) is 0.798. The Morgan fingerprint density at radius 3 is 2.89 bits per heavy atom. The van der Waals surface area contributed by atoms with Gasteiger partial charge in [0.1, 0.15) is 0 Å².